The molecule has 0 radical (unpaired) electrons. The number of halogens is 1. The molecule has 1 amide bonds. The fraction of sp³-hybridized carbons (Fsp3) is 0.118. The number of benzene rings is 1. The van der Waals surface area contributed by atoms with Crippen molar-refractivity contribution in [1.82, 2.24) is 9.38 Å². The second-order valence-corrected chi connectivity index (χ2v) is 5.74. The standard InChI is InChI=1S/C17H14ClN3O2/c1-10-3-6-15-19-8-13(17(23)21(15)9-10)16(22)20-12-5-4-11(2)14(18)7-12/h3-9H,1-2H3,(H,20,22). The van der Waals surface area contributed by atoms with Crippen LogP contribution in [0.25, 0.3) is 5.65 Å². The molecule has 1 N–H and O–H groups in total. The van der Waals surface area contributed by atoms with Crippen LogP contribution in [0.2, 0.25) is 5.02 Å². The van der Waals surface area contributed by atoms with Gasteiger partial charge in [0.2, 0.25) is 0 Å². The molecule has 0 fully saturated rings. The Morgan fingerprint density at radius 3 is 2.74 bits per heavy atom. The van der Waals surface area contributed by atoms with Crippen molar-refractivity contribution in [3.8, 4) is 0 Å². The highest BCUT2D eigenvalue weighted by atomic mass is 35.5. The summed E-state index contributed by atoms with van der Waals surface area (Å²) in [6.07, 6.45) is 2.95. The van der Waals surface area contributed by atoms with Crippen LogP contribution in [0.5, 0.6) is 0 Å². The SMILES string of the molecule is Cc1ccc2ncc(C(=O)Nc3ccc(C)c(Cl)c3)c(=O)n2c1. The molecule has 1 aromatic carbocycles. The van der Waals surface area contributed by atoms with Gasteiger partial charge in [-0.25, -0.2) is 4.98 Å². The van der Waals surface area contributed by atoms with Gasteiger partial charge < -0.3 is 5.32 Å². The van der Waals surface area contributed by atoms with E-state index < -0.39 is 11.5 Å². The highest BCUT2D eigenvalue weighted by Crippen LogP contribution is 2.20. The smallest absolute Gasteiger partial charge is 0.270 e. The van der Waals surface area contributed by atoms with Crippen LogP contribution < -0.4 is 10.9 Å². The Bertz CT molecular complexity index is 979. The minimum Gasteiger partial charge on any atom is -0.322 e. The Labute approximate surface area is 137 Å². The molecule has 0 aliphatic rings. The number of nitrogens with zero attached hydrogens (tertiary/aromatic N) is 2. The average molecular weight is 328 g/mol. The summed E-state index contributed by atoms with van der Waals surface area (Å²) in [7, 11) is 0. The normalized spacial score (nSPS) is 10.7. The Kier molecular flexibility index (Phi) is 3.88. The highest BCUT2D eigenvalue weighted by Gasteiger charge is 2.14. The molecule has 0 atom stereocenters. The number of fused-ring (bicyclic) bond motifs is 1. The molecule has 0 saturated carbocycles. The number of carbonyl (C=O) groups is 1. The maximum atomic E-state index is 12.5. The van der Waals surface area contributed by atoms with Gasteiger partial charge in [-0.05, 0) is 43.2 Å². The van der Waals surface area contributed by atoms with E-state index in [1.54, 1.807) is 30.5 Å². The van der Waals surface area contributed by atoms with Crippen LogP contribution in [0.4, 0.5) is 5.69 Å². The predicted octanol–water partition coefficient (Wildman–Crippen LogP) is 3.22. The Balaban J connectivity index is 1.99. The zero-order valence-electron chi connectivity index (χ0n) is 12.6. The topological polar surface area (TPSA) is 63.5 Å². The van der Waals surface area contributed by atoms with Gasteiger partial charge in [0.15, 0.2) is 0 Å². The summed E-state index contributed by atoms with van der Waals surface area (Å²) in [6, 6.07) is 8.77. The van der Waals surface area contributed by atoms with Gasteiger partial charge >= 0.3 is 0 Å². The van der Waals surface area contributed by atoms with E-state index in [9.17, 15) is 9.59 Å². The van der Waals surface area contributed by atoms with Gasteiger partial charge in [0.05, 0.1) is 0 Å². The van der Waals surface area contributed by atoms with Gasteiger partial charge in [-0.1, -0.05) is 23.7 Å². The van der Waals surface area contributed by atoms with Crippen LogP contribution in [0.3, 0.4) is 0 Å². The van der Waals surface area contributed by atoms with Crippen LogP contribution in [0, 0.1) is 13.8 Å². The van der Waals surface area contributed by atoms with Crippen LogP contribution in [-0.4, -0.2) is 15.3 Å². The highest BCUT2D eigenvalue weighted by molar-refractivity contribution is 6.31. The van der Waals surface area contributed by atoms with E-state index in [4.69, 9.17) is 11.6 Å². The summed E-state index contributed by atoms with van der Waals surface area (Å²) in [4.78, 5) is 29.0. The summed E-state index contributed by atoms with van der Waals surface area (Å²) in [5.74, 6) is -0.515. The number of aryl methyl sites for hydroxylation is 2. The first-order valence-corrected chi connectivity index (χ1v) is 7.39. The Morgan fingerprint density at radius 1 is 1.22 bits per heavy atom. The number of anilines is 1. The molecule has 0 unspecified atom stereocenters. The lowest BCUT2D eigenvalue weighted by Gasteiger charge is -2.08. The lowest BCUT2D eigenvalue weighted by Crippen LogP contribution is -2.26. The number of amides is 1. The van der Waals surface area contributed by atoms with Gasteiger partial charge in [0, 0.05) is 23.1 Å². The van der Waals surface area contributed by atoms with Crippen LogP contribution >= 0.6 is 11.6 Å². The zero-order valence-corrected chi connectivity index (χ0v) is 13.4. The van der Waals surface area contributed by atoms with Gasteiger partial charge in [-0.15, -0.1) is 0 Å². The first-order valence-electron chi connectivity index (χ1n) is 7.01. The van der Waals surface area contributed by atoms with Crippen molar-refractivity contribution < 1.29 is 4.79 Å². The molecule has 0 bridgehead atoms. The molecule has 2 aromatic heterocycles. The number of carbonyl (C=O) groups excluding carboxylic acids is 1. The largest absolute Gasteiger partial charge is 0.322 e. The molecule has 0 spiro atoms. The van der Waals surface area contributed by atoms with E-state index in [-0.39, 0.29) is 5.56 Å². The van der Waals surface area contributed by atoms with Crippen LogP contribution in [0.1, 0.15) is 21.5 Å². The first kappa shape index (κ1) is 15.2. The van der Waals surface area contributed by atoms with Crippen molar-refractivity contribution in [2.45, 2.75) is 13.8 Å². The van der Waals surface area contributed by atoms with Gasteiger partial charge in [0.1, 0.15) is 11.2 Å². The minimum absolute atomic E-state index is 0.0233. The molecular formula is C17H14ClN3O2. The molecule has 5 nitrogen and oxygen atoms in total. The van der Waals surface area contributed by atoms with Crippen molar-refractivity contribution in [3.63, 3.8) is 0 Å². The summed E-state index contributed by atoms with van der Waals surface area (Å²) < 4.78 is 1.37. The number of rotatable bonds is 2. The van der Waals surface area contributed by atoms with Gasteiger partial charge in [-0.2, -0.15) is 0 Å². The van der Waals surface area contributed by atoms with Gasteiger partial charge in [-0.3, -0.25) is 14.0 Å². The number of nitrogens with one attached hydrogen (secondary N) is 1. The van der Waals surface area contributed by atoms with E-state index in [1.165, 1.54) is 10.6 Å². The maximum absolute atomic E-state index is 12.5. The Morgan fingerprint density at radius 2 is 2.00 bits per heavy atom. The van der Waals surface area contributed by atoms with Crippen molar-refractivity contribution in [2.24, 2.45) is 0 Å². The molecular weight excluding hydrogens is 314 g/mol. The molecule has 6 heteroatoms. The van der Waals surface area contributed by atoms with Crippen molar-refractivity contribution in [2.75, 3.05) is 5.32 Å². The van der Waals surface area contributed by atoms with Crippen molar-refractivity contribution in [1.29, 1.82) is 0 Å². The summed E-state index contributed by atoms with van der Waals surface area (Å²) in [6.45, 7) is 3.74. The van der Waals surface area contributed by atoms with E-state index in [0.717, 1.165) is 11.1 Å². The number of hydrogen-bond donors (Lipinski definition) is 1. The average Bonchev–Trinajstić information content (AvgIpc) is 2.52. The number of hydrogen-bond acceptors (Lipinski definition) is 3. The van der Waals surface area contributed by atoms with E-state index in [2.05, 4.69) is 10.3 Å². The third-order valence-electron chi connectivity index (χ3n) is 3.52. The van der Waals surface area contributed by atoms with E-state index in [1.807, 2.05) is 19.9 Å². The van der Waals surface area contributed by atoms with Crippen molar-refractivity contribution in [3.05, 3.63) is 74.8 Å². The first-order chi connectivity index (χ1) is 11.0. The Hall–Kier alpha value is -2.66. The number of aromatic nitrogens is 2. The minimum atomic E-state index is -0.515. The third kappa shape index (κ3) is 2.96. The van der Waals surface area contributed by atoms with E-state index >= 15 is 0 Å². The fourth-order valence-corrected chi connectivity index (χ4v) is 2.39. The molecule has 0 aliphatic carbocycles. The van der Waals surface area contributed by atoms with Gasteiger partial charge in [0.25, 0.3) is 11.5 Å². The summed E-state index contributed by atoms with van der Waals surface area (Å²) in [5.41, 5.74) is 2.41. The monoisotopic (exact) mass is 327 g/mol. The summed E-state index contributed by atoms with van der Waals surface area (Å²) in [5, 5.41) is 3.22. The van der Waals surface area contributed by atoms with Crippen LogP contribution in [-0.2, 0) is 0 Å². The quantitative estimate of drug-likeness (QED) is 0.786. The molecule has 116 valence electrons. The molecule has 3 aromatic rings. The maximum Gasteiger partial charge on any atom is 0.270 e. The number of pyridine rings is 1. The fourth-order valence-electron chi connectivity index (χ4n) is 2.21. The van der Waals surface area contributed by atoms with E-state index in [0.29, 0.717) is 16.4 Å². The molecule has 0 saturated heterocycles. The lowest BCUT2D eigenvalue weighted by molar-refractivity contribution is 0.102. The summed E-state index contributed by atoms with van der Waals surface area (Å²) >= 11 is 6.04. The second-order valence-electron chi connectivity index (χ2n) is 5.33. The zero-order chi connectivity index (χ0) is 16.6. The molecule has 23 heavy (non-hydrogen) atoms. The molecule has 3 rings (SSSR count). The molecule has 0 aliphatic heterocycles. The van der Waals surface area contributed by atoms with Crippen molar-refractivity contribution >= 4 is 28.8 Å². The van der Waals surface area contributed by atoms with Crippen LogP contribution in [0.15, 0.2) is 47.5 Å². The third-order valence-corrected chi connectivity index (χ3v) is 3.93. The predicted molar refractivity (Wildman–Crippen MR) is 90.3 cm³/mol. The molecule has 2 heterocycles. The lowest BCUT2D eigenvalue weighted by atomic mass is 10.2. The second kappa shape index (κ2) is 5.85.